The minimum absolute atomic E-state index is 0.0843. The highest BCUT2D eigenvalue weighted by atomic mass is 15.3. The Balaban J connectivity index is 2.31. The van der Waals surface area contributed by atoms with Crippen molar-refractivity contribution in [1.29, 1.82) is 0 Å². The van der Waals surface area contributed by atoms with Crippen LogP contribution in [0, 0.1) is 5.92 Å². The molecule has 1 saturated carbocycles. The Hall–Kier alpha value is -1.36. The van der Waals surface area contributed by atoms with Crippen molar-refractivity contribution >= 4 is 11.6 Å². The maximum atomic E-state index is 5.56. The molecule has 1 aliphatic rings. The van der Waals surface area contributed by atoms with E-state index in [1.807, 2.05) is 6.07 Å². The van der Waals surface area contributed by atoms with Crippen molar-refractivity contribution in [2.24, 2.45) is 11.8 Å². The molecule has 1 aromatic heterocycles. The molecular weight excluding hydrogens is 250 g/mol. The molecule has 0 radical (unpaired) electrons. The van der Waals surface area contributed by atoms with Crippen LogP contribution in [0.4, 0.5) is 11.6 Å². The predicted octanol–water partition coefficient (Wildman–Crippen LogP) is 2.69. The SMILES string of the molecule is CCCN(CC1CC1)c1cc(NN)nc(C(C)(C)C)n1. The van der Waals surface area contributed by atoms with Crippen molar-refractivity contribution in [3.8, 4) is 0 Å². The summed E-state index contributed by atoms with van der Waals surface area (Å²) in [4.78, 5) is 11.6. The number of nitrogens with two attached hydrogens (primary N) is 1. The highest BCUT2D eigenvalue weighted by Crippen LogP contribution is 2.32. The van der Waals surface area contributed by atoms with Crippen LogP contribution in [-0.4, -0.2) is 23.1 Å². The number of hydrogen-bond acceptors (Lipinski definition) is 5. The molecule has 5 nitrogen and oxygen atoms in total. The quantitative estimate of drug-likeness (QED) is 0.618. The normalized spacial score (nSPS) is 15.2. The molecule has 3 N–H and O–H groups in total. The van der Waals surface area contributed by atoms with Crippen molar-refractivity contribution in [2.75, 3.05) is 23.4 Å². The summed E-state index contributed by atoms with van der Waals surface area (Å²) in [5.74, 6) is 8.91. The van der Waals surface area contributed by atoms with Crippen molar-refractivity contribution in [1.82, 2.24) is 9.97 Å². The van der Waals surface area contributed by atoms with Crippen LogP contribution in [0.15, 0.2) is 6.07 Å². The summed E-state index contributed by atoms with van der Waals surface area (Å²) in [5.41, 5.74) is 2.58. The predicted molar refractivity (Wildman–Crippen MR) is 83.8 cm³/mol. The number of anilines is 2. The summed E-state index contributed by atoms with van der Waals surface area (Å²) in [6.45, 7) is 10.7. The van der Waals surface area contributed by atoms with Gasteiger partial charge >= 0.3 is 0 Å². The molecule has 0 unspecified atom stereocenters. The zero-order valence-corrected chi connectivity index (χ0v) is 13.1. The second kappa shape index (κ2) is 5.95. The molecule has 1 heterocycles. The number of aromatic nitrogens is 2. The van der Waals surface area contributed by atoms with Crippen molar-refractivity contribution < 1.29 is 0 Å². The summed E-state index contributed by atoms with van der Waals surface area (Å²) >= 11 is 0. The third-order valence-electron chi connectivity index (χ3n) is 3.52. The summed E-state index contributed by atoms with van der Waals surface area (Å²) in [6, 6.07) is 1.95. The van der Waals surface area contributed by atoms with E-state index >= 15 is 0 Å². The molecule has 5 heteroatoms. The van der Waals surface area contributed by atoms with Crippen LogP contribution >= 0.6 is 0 Å². The van der Waals surface area contributed by atoms with Gasteiger partial charge in [0.2, 0.25) is 0 Å². The molecule has 0 amide bonds. The first-order chi connectivity index (χ1) is 9.44. The topological polar surface area (TPSA) is 67.1 Å². The molecule has 1 aromatic rings. The smallest absolute Gasteiger partial charge is 0.145 e. The molecule has 2 rings (SSSR count). The molecule has 0 aromatic carbocycles. The van der Waals surface area contributed by atoms with Gasteiger partial charge in [-0.15, -0.1) is 0 Å². The molecule has 1 fully saturated rings. The third-order valence-corrected chi connectivity index (χ3v) is 3.52. The van der Waals surface area contributed by atoms with E-state index in [-0.39, 0.29) is 5.41 Å². The molecule has 1 aliphatic carbocycles. The first-order valence-electron chi connectivity index (χ1n) is 7.55. The highest BCUT2D eigenvalue weighted by molar-refractivity contribution is 5.49. The van der Waals surface area contributed by atoms with E-state index in [1.54, 1.807) is 0 Å². The monoisotopic (exact) mass is 277 g/mol. The fourth-order valence-electron chi connectivity index (χ4n) is 2.19. The lowest BCUT2D eigenvalue weighted by molar-refractivity contribution is 0.543. The lowest BCUT2D eigenvalue weighted by Gasteiger charge is -2.26. The van der Waals surface area contributed by atoms with Gasteiger partial charge in [0.1, 0.15) is 17.5 Å². The van der Waals surface area contributed by atoms with Crippen molar-refractivity contribution in [2.45, 2.75) is 52.4 Å². The van der Waals surface area contributed by atoms with E-state index in [4.69, 9.17) is 10.8 Å². The number of nitrogens with zero attached hydrogens (tertiary/aromatic N) is 3. The Labute approximate surface area is 121 Å². The van der Waals surface area contributed by atoms with Crippen LogP contribution in [0.2, 0.25) is 0 Å². The van der Waals surface area contributed by atoms with Crippen LogP contribution in [0.25, 0.3) is 0 Å². The summed E-state index contributed by atoms with van der Waals surface area (Å²) in [6.07, 6.45) is 3.81. The second-order valence-corrected chi connectivity index (χ2v) is 6.72. The van der Waals surface area contributed by atoms with E-state index in [0.29, 0.717) is 5.82 Å². The zero-order valence-electron chi connectivity index (χ0n) is 13.1. The van der Waals surface area contributed by atoms with Crippen LogP contribution in [0.3, 0.4) is 0 Å². The van der Waals surface area contributed by atoms with Gasteiger partial charge in [-0.25, -0.2) is 15.8 Å². The van der Waals surface area contributed by atoms with E-state index in [0.717, 1.165) is 37.1 Å². The number of hydrogen-bond donors (Lipinski definition) is 2. The van der Waals surface area contributed by atoms with Crippen LogP contribution in [0.5, 0.6) is 0 Å². The second-order valence-electron chi connectivity index (χ2n) is 6.72. The largest absolute Gasteiger partial charge is 0.356 e. The lowest BCUT2D eigenvalue weighted by atomic mass is 9.96. The highest BCUT2D eigenvalue weighted by Gasteiger charge is 2.26. The number of nitrogen functional groups attached to an aromatic ring is 1. The zero-order chi connectivity index (χ0) is 14.8. The van der Waals surface area contributed by atoms with E-state index in [1.165, 1.54) is 12.8 Å². The summed E-state index contributed by atoms with van der Waals surface area (Å²) in [5, 5.41) is 0. The minimum atomic E-state index is -0.0843. The van der Waals surface area contributed by atoms with E-state index in [2.05, 4.69) is 43.0 Å². The van der Waals surface area contributed by atoms with Gasteiger partial charge in [-0.05, 0) is 25.2 Å². The Morgan fingerprint density at radius 3 is 2.55 bits per heavy atom. The first kappa shape index (κ1) is 15.0. The van der Waals surface area contributed by atoms with Gasteiger partial charge in [-0.2, -0.15) is 0 Å². The van der Waals surface area contributed by atoms with Gasteiger partial charge < -0.3 is 10.3 Å². The van der Waals surface area contributed by atoms with Gasteiger partial charge in [0, 0.05) is 24.6 Å². The standard InChI is InChI=1S/C15H27N5/c1-5-8-20(10-11-6-7-11)13-9-12(19-16)17-14(18-13)15(2,3)4/h9,11H,5-8,10,16H2,1-4H3,(H,17,18,19). The fraction of sp³-hybridized carbons (Fsp3) is 0.733. The molecule has 0 spiro atoms. The maximum Gasteiger partial charge on any atom is 0.145 e. The summed E-state index contributed by atoms with van der Waals surface area (Å²) < 4.78 is 0. The lowest BCUT2D eigenvalue weighted by Crippen LogP contribution is -2.29. The van der Waals surface area contributed by atoms with E-state index < -0.39 is 0 Å². The van der Waals surface area contributed by atoms with Crippen molar-refractivity contribution in [3.63, 3.8) is 0 Å². The molecule has 0 bridgehead atoms. The van der Waals surface area contributed by atoms with Gasteiger partial charge in [-0.3, -0.25) is 0 Å². The average molecular weight is 277 g/mol. The molecule has 112 valence electrons. The van der Waals surface area contributed by atoms with Crippen molar-refractivity contribution in [3.05, 3.63) is 11.9 Å². The van der Waals surface area contributed by atoms with Crippen LogP contribution in [0.1, 0.15) is 52.8 Å². The molecule has 0 aliphatic heterocycles. The average Bonchev–Trinajstić information content (AvgIpc) is 3.20. The Morgan fingerprint density at radius 1 is 1.35 bits per heavy atom. The van der Waals surface area contributed by atoms with Gasteiger partial charge in [0.15, 0.2) is 0 Å². The van der Waals surface area contributed by atoms with Crippen LogP contribution in [-0.2, 0) is 5.41 Å². The van der Waals surface area contributed by atoms with E-state index in [9.17, 15) is 0 Å². The fourth-order valence-corrected chi connectivity index (χ4v) is 2.19. The Morgan fingerprint density at radius 2 is 2.05 bits per heavy atom. The first-order valence-corrected chi connectivity index (χ1v) is 7.55. The number of hydrazine groups is 1. The maximum absolute atomic E-state index is 5.56. The Kier molecular flexibility index (Phi) is 4.48. The molecule has 0 atom stereocenters. The molecule has 0 saturated heterocycles. The minimum Gasteiger partial charge on any atom is -0.356 e. The number of nitrogens with one attached hydrogen (secondary N) is 1. The third kappa shape index (κ3) is 3.82. The Bertz CT molecular complexity index is 448. The van der Waals surface area contributed by atoms with Gasteiger partial charge in [0.05, 0.1) is 0 Å². The number of rotatable bonds is 6. The molecular formula is C15H27N5. The molecule has 20 heavy (non-hydrogen) atoms. The van der Waals surface area contributed by atoms with Gasteiger partial charge in [0.25, 0.3) is 0 Å². The summed E-state index contributed by atoms with van der Waals surface area (Å²) in [7, 11) is 0. The van der Waals surface area contributed by atoms with Crippen LogP contribution < -0.4 is 16.2 Å². The van der Waals surface area contributed by atoms with Gasteiger partial charge in [-0.1, -0.05) is 27.7 Å².